The molecule has 0 bridgehead atoms. The summed E-state index contributed by atoms with van der Waals surface area (Å²) in [5.41, 5.74) is 1.88. The second kappa shape index (κ2) is 7.50. The van der Waals surface area contributed by atoms with E-state index in [-0.39, 0.29) is 35.4 Å². The Balaban J connectivity index is 0.00000104. The Morgan fingerprint density at radius 3 is 2.56 bits per heavy atom. The van der Waals surface area contributed by atoms with Gasteiger partial charge in [0, 0.05) is 24.8 Å². The number of para-hydroxylation sites is 1. The standard InChI is InChI=1S/C16H12N4O2.Li.2H2O/c1-19-7-6-11-14(19)17-9-18-15(11)20-8-12(16(21)22)10-4-2-3-5-13(10)20;;;/h2-9H,1H3,(H,21,22);;2*1H2/q;+1;;/p-1. The van der Waals surface area contributed by atoms with Gasteiger partial charge in [0.2, 0.25) is 0 Å². The molecule has 0 saturated carbocycles. The van der Waals surface area contributed by atoms with E-state index in [0.29, 0.717) is 11.2 Å². The van der Waals surface area contributed by atoms with Crippen molar-refractivity contribution in [2.24, 2.45) is 7.05 Å². The van der Waals surface area contributed by atoms with Crippen LogP contribution in [0.25, 0.3) is 27.8 Å². The Morgan fingerprint density at radius 1 is 1.12 bits per heavy atom. The second-order valence-corrected chi connectivity index (χ2v) is 5.10. The van der Waals surface area contributed by atoms with Crippen LogP contribution in [0.2, 0.25) is 0 Å². The van der Waals surface area contributed by atoms with E-state index < -0.39 is 5.97 Å². The third kappa shape index (κ3) is 3.04. The van der Waals surface area contributed by atoms with Crippen molar-refractivity contribution in [3.63, 3.8) is 0 Å². The van der Waals surface area contributed by atoms with Crippen molar-refractivity contribution in [2.45, 2.75) is 0 Å². The van der Waals surface area contributed by atoms with Crippen molar-refractivity contribution in [3.8, 4) is 5.82 Å². The molecule has 0 saturated heterocycles. The summed E-state index contributed by atoms with van der Waals surface area (Å²) in [6, 6.07) is 9.34. The summed E-state index contributed by atoms with van der Waals surface area (Å²) in [6.45, 7) is 0. The van der Waals surface area contributed by atoms with Crippen molar-refractivity contribution >= 4 is 27.9 Å². The van der Waals surface area contributed by atoms with Crippen LogP contribution in [-0.2, 0) is 7.05 Å². The molecule has 0 aliphatic heterocycles. The molecule has 0 radical (unpaired) electrons. The molecule has 4 aromatic rings. The summed E-state index contributed by atoms with van der Waals surface area (Å²) in [5, 5.41) is 11.0. The Morgan fingerprint density at radius 2 is 1.84 bits per heavy atom. The maximum Gasteiger partial charge on any atom is 1.00 e. The minimum atomic E-state index is -0.951. The van der Waals surface area contributed by atoms with E-state index in [4.69, 9.17) is 0 Å². The molecule has 0 unspecified atom stereocenters. The molecule has 124 valence electrons. The third-order valence-electron chi connectivity index (χ3n) is 3.81. The summed E-state index contributed by atoms with van der Waals surface area (Å²) in [6.07, 6.45) is 5.02. The van der Waals surface area contributed by atoms with Crippen LogP contribution >= 0.6 is 0 Å². The van der Waals surface area contributed by atoms with Crippen molar-refractivity contribution in [1.29, 1.82) is 0 Å². The van der Waals surface area contributed by atoms with E-state index in [1.54, 1.807) is 12.3 Å². The summed E-state index contributed by atoms with van der Waals surface area (Å²) in [4.78, 5) is 20.1. The molecule has 0 amide bonds. The second-order valence-electron chi connectivity index (χ2n) is 5.10. The minimum Gasteiger partial charge on any atom is -0.870 e. The zero-order valence-corrected chi connectivity index (χ0v) is 13.7. The number of carboxylic acid groups (broad SMARTS) is 1. The number of aromatic carboxylic acids is 1. The van der Waals surface area contributed by atoms with E-state index in [2.05, 4.69) is 9.97 Å². The van der Waals surface area contributed by atoms with Gasteiger partial charge in [0.1, 0.15) is 17.8 Å². The molecule has 4 rings (SSSR count). The van der Waals surface area contributed by atoms with E-state index in [1.807, 2.05) is 46.6 Å². The molecule has 25 heavy (non-hydrogen) atoms. The number of aryl methyl sites for hydroxylation is 1. The smallest absolute Gasteiger partial charge is 0.870 e. The van der Waals surface area contributed by atoms with Gasteiger partial charge < -0.3 is 20.6 Å². The first-order valence-electron chi connectivity index (χ1n) is 6.76. The van der Waals surface area contributed by atoms with Gasteiger partial charge in [-0.1, -0.05) is 18.2 Å². The average Bonchev–Trinajstić information content (AvgIpc) is 3.09. The molecule has 3 aromatic heterocycles. The van der Waals surface area contributed by atoms with Crippen LogP contribution in [0.5, 0.6) is 0 Å². The fourth-order valence-electron chi connectivity index (χ4n) is 2.78. The van der Waals surface area contributed by atoms with E-state index >= 15 is 0 Å². The SMILES string of the molecule is Cn1ccc2c(-n3cc(C(=O)O)c4ccccc43)ncnc21.O.[Li+].[OH-]. The van der Waals surface area contributed by atoms with Crippen LogP contribution in [0.3, 0.4) is 0 Å². The van der Waals surface area contributed by atoms with Crippen LogP contribution < -0.4 is 18.9 Å². The van der Waals surface area contributed by atoms with Crippen LogP contribution in [-0.4, -0.2) is 41.1 Å². The zero-order valence-electron chi connectivity index (χ0n) is 13.7. The van der Waals surface area contributed by atoms with Gasteiger partial charge in [-0.05, 0) is 12.1 Å². The average molecular weight is 334 g/mol. The number of carbonyl (C=O) groups is 1. The third-order valence-corrected chi connectivity index (χ3v) is 3.81. The molecule has 4 N–H and O–H groups in total. The summed E-state index contributed by atoms with van der Waals surface area (Å²) in [5.74, 6) is -0.275. The van der Waals surface area contributed by atoms with E-state index in [9.17, 15) is 9.90 Å². The predicted octanol–water partition coefficient (Wildman–Crippen LogP) is -1.39. The first-order chi connectivity index (χ1) is 10.7. The Bertz CT molecular complexity index is 1040. The molecular formula is C16H15LiN4O4. The molecule has 8 nitrogen and oxygen atoms in total. The first kappa shape index (κ1) is 20.4. The fraction of sp³-hybridized carbons (Fsp3) is 0.0625. The van der Waals surface area contributed by atoms with Crippen LogP contribution in [0.15, 0.2) is 49.1 Å². The summed E-state index contributed by atoms with van der Waals surface area (Å²) < 4.78 is 3.72. The number of benzene rings is 1. The molecule has 0 spiro atoms. The molecule has 0 fully saturated rings. The first-order valence-corrected chi connectivity index (χ1v) is 6.76. The summed E-state index contributed by atoms with van der Waals surface area (Å²) in [7, 11) is 1.91. The Hall–Kier alpha value is -2.63. The van der Waals surface area contributed by atoms with Crippen molar-refractivity contribution < 1.29 is 39.7 Å². The van der Waals surface area contributed by atoms with Crippen LogP contribution in [0, 0.1) is 0 Å². The van der Waals surface area contributed by atoms with E-state index in [1.165, 1.54) is 6.33 Å². The molecule has 0 atom stereocenters. The minimum absolute atomic E-state index is 0. The number of nitrogens with zero attached hydrogens (tertiary/aromatic N) is 4. The number of hydrogen-bond acceptors (Lipinski definition) is 4. The van der Waals surface area contributed by atoms with Gasteiger partial charge in [-0.25, -0.2) is 14.8 Å². The zero-order chi connectivity index (χ0) is 15.3. The number of hydrogen-bond donors (Lipinski definition) is 1. The van der Waals surface area contributed by atoms with Crippen molar-refractivity contribution in [3.05, 3.63) is 54.6 Å². The maximum atomic E-state index is 11.5. The molecule has 9 heteroatoms. The van der Waals surface area contributed by atoms with Gasteiger partial charge in [-0.15, -0.1) is 0 Å². The quantitative estimate of drug-likeness (QED) is 0.450. The number of carboxylic acids is 1. The molecular weight excluding hydrogens is 319 g/mol. The maximum absolute atomic E-state index is 11.5. The van der Waals surface area contributed by atoms with Gasteiger partial charge in [0.05, 0.1) is 16.5 Å². The molecule has 0 aliphatic carbocycles. The topological polar surface area (TPSA) is 134 Å². The number of aromatic nitrogens is 4. The summed E-state index contributed by atoms with van der Waals surface area (Å²) >= 11 is 0. The van der Waals surface area contributed by atoms with Gasteiger partial charge >= 0.3 is 24.8 Å². The predicted molar refractivity (Wildman–Crippen MR) is 87.9 cm³/mol. The molecule has 0 aliphatic rings. The van der Waals surface area contributed by atoms with E-state index in [0.717, 1.165) is 16.6 Å². The van der Waals surface area contributed by atoms with Gasteiger partial charge in [0.15, 0.2) is 0 Å². The van der Waals surface area contributed by atoms with Crippen molar-refractivity contribution in [2.75, 3.05) is 0 Å². The normalized spacial score (nSPS) is 9.96. The van der Waals surface area contributed by atoms with Crippen LogP contribution in [0.1, 0.15) is 10.4 Å². The largest absolute Gasteiger partial charge is 1.00 e. The van der Waals surface area contributed by atoms with Gasteiger partial charge in [-0.3, -0.25) is 4.57 Å². The van der Waals surface area contributed by atoms with Gasteiger partial charge in [-0.2, -0.15) is 0 Å². The monoisotopic (exact) mass is 334 g/mol. The van der Waals surface area contributed by atoms with Crippen LogP contribution in [0.4, 0.5) is 0 Å². The Kier molecular flexibility index (Phi) is 6.13. The molecule has 3 heterocycles. The van der Waals surface area contributed by atoms with Crippen molar-refractivity contribution in [1.82, 2.24) is 19.1 Å². The Labute approximate surface area is 154 Å². The fourth-order valence-corrected chi connectivity index (χ4v) is 2.78. The molecule has 1 aromatic carbocycles. The van der Waals surface area contributed by atoms with Gasteiger partial charge in [0.25, 0.3) is 0 Å². The number of fused-ring (bicyclic) bond motifs is 2. The number of rotatable bonds is 2.